The number of hydrogen-bond acceptors (Lipinski definition) is 0. The Morgan fingerprint density at radius 2 is 1.26 bits per heavy atom. The molecule has 8 rings (SSSR count). The van der Waals surface area contributed by atoms with Crippen LogP contribution in [0.5, 0.6) is 0 Å². The molecule has 0 amide bonds. The van der Waals surface area contributed by atoms with E-state index in [-0.39, 0.29) is 0 Å². The number of hydrogen-bond donors (Lipinski definition) is 0. The Morgan fingerprint density at radius 3 is 2.05 bits per heavy atom. The number of rotatable bonds is 4. The summed E-state index contributed by atoms with van der Waals surface area (Å²) in [5.41, 5.74) is 9.99. The second kappa shape index (κ2) is 9.46. The molecular weight excluding hydrogens is 506 g/mol. The van der Waals surface area contributed by atoms with Gasteiger partial charge in [-0.1, -0.05) is 109 Å². The van der Waals surface area contributed by atoms with E-state index in [1.807, 2.05) is 0 Å². The van der Waals surface area contributed by atoms with Crippen LogP contribution in [-0.2, 0) is 0 Å². The predicted molar refractivity (Wildman–Crippen MR) is 183 cm³/mol. The van der Waals surface area contributed by atoms with Crippen LogP contribution in [0.15, 0.2) is 133 Å². The zero-order chi connectivity index (χ0) is 28.4. The first kappa shape index (κ1) is 24.6. The fourth-order valence-electron chi connectivity index (χ4n) is 6.97. The van der Waals surface area contributed by atoms with Crippen molar-refractivity contribution < 1.29 is 0 Å². The molecule has 0 aliphatic carbocycles. The maximum Gasteiger partial charge on any atom is 0.0543 e. The molecule has 0 bridgehead atoms. The lowest BCUT2D eigenvalue weighted by atomic mass is 9.87. The number of aromatic nitrogens is 1. The predicted octanol–water partition coefficient (Wildman–Crippen LogP) is 11.6. The van der Waals surface area contributed by atoms with Gasteiger partial charge in [-0.25, -0.2) is 0 Å². The summed E-state index contributed by atoms with van der Waals surface area (Å²) in [5, 5.41) is 10.5. The van der Waals surface area contributed by atoms with Gasteiger partial charge in [0.1, 0.15) is 0 Å². The van der Waals surface area contributed by atoms with Crippen LogP contribution >= 0.6 is 0 Å². The van der Waals surface area contributed by atoms with Gasteiger partial charge in [0.25, 0.3) is 0 Å². The van der Waals surface area contributed by atoms with Crippen molar-refractivity contribution in [2.24, 2.45) is 0 Å². The minimum Gasteiger partial charge on any atom is -0.309 e. The van der Waals surface area contributed by atoms with Gasteiger partial charge in [-0.05, 0) is 105 Å². The molecule has 0 saturated carbocycles. The fraction of sp³-hybridized carbons (Fsp3) is 0.0732. The lowest BCUT2D eigenvalue weighted by Crippen LogP contribution is -1.94. The van der Waals surface area contributed by atoms with Crippen LogP contribution < -0.4 is 0 Å². The standard InChI is InChI=1S/C41H31N/c1-4-8-27(5-2)32-21-14-29-17-24-37-33(22-15-30-16-23-36(32)40(29)41(30)37)28-12-18-31(19-13-28)42-38-10-7-6-9-34(38)35-20-11-26(3)25-39(35)42/h4-25H,1-3H3/b8-4-,27-5+. The summed E-state index contributed by atoms with van der Waals surface area (Å²) < 4.78 is 2.40. The molecular formula is C41H31N. The van der Waals surface area contributed by atoms with Gasteiger partial charge in [-0.3, -0.25) is 0 Å². The number of para-hydroxylation sites is 1. The highest BCUT2D eigenvalue weighted by Crippen LogP contribution is 2.42. The van der Waals surface area contributed by atoms with E-state index >= 15 is 0 Å². The topological polar surface area (TPSA) is 4.93 Å². The summed E-state index contributed by atoms with van der Waals surface area (Å²) in [5.74, 6) is 0. The molecule has 1 heterocycles. The summed E-state index contributed by atoms with van der Waals surface area (Å²) in [7, 11) is 0. The number of allylic oxidation sites excluding steroid dienone is 4. The smallest absolute Gasteiger partial charge is 0.0543 e. The highest BCUT2D eigenvalue weighted by Gasteiger charge is 2.16. The first-order valence-corrected chi connectivity index (χ1v) is 14.8. The van der Waals surface area contributed by atoms with E-state index in [1.54, 1.807) is 0 Å². The first-order chi connectivity index (χ1) is 20.7. The minimum absolute atomic E-state index is 1.18. The van der Waals surface area contributed by atoms with Crippen LogP contribution in [0.1, 0.15) is 25.0 Å². The Morgan fingerprint density at radius 1 is 0.595 bits per heavy atom. The van der Waals surface area contributed by atoms with Gasteiger partial charge >= 0.3 is 0 Å². The molecule has 0 saturated heterocycles. The third-order valence-electron chi connectivity index (χ3n) is 8.90. The van der Waals surface area contributed by atoms with Crippen molar-refractivity contribution in [1.82, 2.24) is 4.57 Å². The summed E-state index contributed by atoms with van der Waals surface area (Å²) in [6.45, 7) is 6.37. The van der Waals surface area contributed by atoms with Crippen molar-refractivity contribution in [2.75, 3.05) is 0 Å². The van der Waals surface area contributed by atoms with Gasteiger partial charge in [0.15, 0.2) is 0 Å². The van der Waals surface area contributed by atoms with Crippen LogP contribution in [0.4, 0.5) is 0 Å². The second-order valence-electron chi connectivity index (χ2n) is 11.3. The lowest BCUT2D eigenvalue weighted by molar-refractivity contribution is 1.18. The second-order valence-corrected chi connectivity index (χ2v) is 11.3. The number of benzene rings is 7. The molecule has 0 radical (unpaired) electrons. The quantitative estimate of drug-likeness (QED) is 0.155. The molecule has 0 atom stereocenters. The molecule has 1 aromatic heterocycles. The normalized spacial score (nSPS) is 12.7. The van der Waals surface area contributed by atoms with Crippen molar-refractivity contribution in [1.29, 1.82) is 0 Å². The molecule has 0 N–H and O–H groups in total. The van der Waals surface area contributed by atoms with Crippen molar-refractivity contribution >= 4 is 59.7 Å². The van der Waals surface area contributed by atoms with Crippen LogP contribution in [-0.4, -0.2) is 4.57 Å². The number of aryl methyl sites for hydroxylation is 1. The molecule has 1 nitrogen and oxygen atoms in total. The Bertz CT molecular complexity index is 2360. The van der Waals surface area contributed by atoms with E-state index in [9.17, 15) is 0 Å². The molecule has 0 unspecified atom stereocenters. The Balaban J connectivity index is 1.32. The van der Waals surface area contributed by atoms with Crippen LogP contribution in [0.2, 0.25) is 0 Å². The molecule has 0 aliphatic rings. The van der Waals surface area contributed by atoms with Crippen LogP contribution in [0.25, 0.3) is 76.5 Å². The fourth-order valence-corrected chi connectivity index (χ4v) is 6.97. The zero-order valence-electron chi connectivity index (χ0n) is 24.1. The van der Waals surface area contributed by atoms with E-state index in [0.29, 0.717) is 0 Å². The highest BCUT2D eigenvalue weighted by molar-refractivity contribution is 6.27. The van der Waals surface area contributed by atoms with Gasteiger partial charge < -0.3 is 4.57 Å². The van der Waals surface area contributed by atoms with E-state index in [2.05, 4.69) is 159 Å². The molecule has 7 aromatic carbocycles. The average molecular weight is 538 g/mol. The van der Waals surface area contributed by atoms with Gasteiger partial charge in [-0.15, -0.1) is 0 Å². The summed E-state index contributed by atoms with van der Waals surface area (Å²) in [6, 6.07) is 42.9. The van der Waals surface area contributed by atoms with E-state index in [0.717, 1.165) is 0 Å². The summed E-state index contributed by atoms with van der Waals surface area (Å²) in [6.07, 6.45) is 6.53. The SMILES string of the molecule is C/C=C\C(=C/C)c1ccc2ccc3c(-c4ccc(-n5c6ccccc6c6ccc(C)cc65)cc4)ccc4ccc1c2c43. The minimum atomic E-state index is 1.18. The van der Waals surface area contributed by atoms with E-state index < -0.39 is 0 Å². The molecule has 42 heavy (non-hydrogen) atoms. The molecule has 0 fully saturated rings. The van der Waals surface area contributed by atoms with Gasteiger partial charge in [0.05, 0.1) is 11.0 Å². The Labute approximate surface area is 246 Å². The van der Waals surface area contributed by atoms with Crippen molar-refractivity contribution in [3.8, 4) is 16.8 Å². The van der Waals surface area contributed by atoms with Crippen molar-refractivity contribution in [2.45, 2.75) is 20.8 Å². The van der Waals surface area contributed by atoms with Crippen molar-refractivity contribution in [3.05, 3.63) is 145 Å². The van der Waals surface area contributed by atoms with Crippen LogP contribution in [0, 0.1) is 6.92 Å². The maximum absolute atomic E-state index is 2.40. The van der Waals surface area contributed by atoms with E-state index in [1.165, 1.54) is 87.6 Å². The highest BCUT2D eigenvalue weighted by atomic mass is 15.0. The summed E-state index contributed by atoms with van der Waals surface area (Å²) in [4.78, 5) is 0. The molecule has 0 aliphatic heterocycles. The molecule has 200 valence electrons. The third-order valence-corrected chi connectivity index (χ3v) is 8.90. The lowest BCUT2D eigenvalue weighted by Gasteiger charge is -2.17. The molecule has 0 spiro atoms. The monoisotopic (exact) mass is 537 g/mol. The molecule has 1 heteroatoms. The number of nitrogens with zero attached hydrogens (tertiary/aromatic N) is 1. The Kier molecular flexibility index (Phi) is 5.55. The molecule has 8 aromatic rings. The van der Waals surface area contributed by atoms with Crippen LogP contribution in [0.3, 0.4) is 0 Å². The van der Waals surface area contributed by atoms with Gasteiger partial charge in [0, 0.05) is 16.5 Å². The maximum atomic E-state index is 2.40. The summed E-state index contributed by atoms with van der Waals surface area (Å²) >= 11 is 0. The van der Waals surface area contributed by atoms with Gasteiger partial charge in [-0.2, -0.15) is 0 Å². The van der Waals surface area contributed by atoms with Gasteiger partial charge in [0.2, 0.25) is 0 Å². The Hall–Kier alpha value is -5.14. The first-order valence-electron chi connectivity index (χ1n) is 14.8. The zero-order valence-corrected chi connectivity index (χ0v) is 24.1. The van der Waals surface area contributed by atoms with Crippen molar-refractivity contribution in [3.63, 3.8) is 0 Å². The number of fused-ring (bicyclic) bond motifs is 3. The largest absolute Gasteiger partial charge is 0.309 e. The third kappa shape index (κ3) is 3.57. The van der Waals surface area contributed by atoms with E-state index in [4.69, 9.17) is 0 Å². The average Bonchev–Trinajstić information content (AvgIpc) is 3.36.